The summed E-state index contributed by atoms with van der Waals surface area (Å²) in [6.07, 6.45) is 0. The van der Waals surface area contributed by atoms with Crippen molar-refractivity contribution in [3.05, 3.63) is 0 Å². The zero-order chi connectivity index (χ0) is 0. The molecular weight excluding hydrogens is 577 g/mol. The van der Waals surface area contributed by atoms with Gasteiger partial charge >= 0.3 is 19.8 Å². The molecule has 0 rings (SSSR count). The Morgan fingerprint density at radius 3 is 0.400 bits per heavy atom. The van der Waals surface area contributed by atoms with E-state index in [0.717, 1.165) is 0 Å². The van der Waals surface area contributed by atoms with Crippen molar-refractivity contribution in [2.75, 3.05) is 0 Å². The van der Waals surface area contributed by atoms with E-state index in [1.54, 1.807) is 0 Å². The van der Waals surface area contributed by atoms with E-state index in [1.165, 1.54) is 0 Å². The van der Waals surface area contributed by atoms with Crippen LogP contribution in [0.4, 0.5) is 0 Å². The summed E-state index contributed by atoms with van der Waals surface area (Å²) in [5.74, 6) is 0. The van der Waals surface area contributed by atoms with Gasteiger partial charge in [0, 0.05) is 0 Å². The first-order valence-electron chi connectivity index (χ1n) is 0. The van der Waals surface area contributed by atoms with Crippen molar-refractivity contribution < 1.29 is 0 Å². The summed E-state index contributed by atoms with van der Waals surface area (Å²) >= 11 is 0. The fourth-order valence-electron chi connectivity index (χ4n) is 0. The van der Waals surface area contributed by atoms with Gasteiger partial charge in [0.05, 0.1) is 0 Å². The summed E-state index contributed by atoms with van der Waals surface area (Å²) in [6.45, 7) is 0. The molecule has 0 radical (unpaired) electrons. The third kappa shape index (κ3) is 18.4. The van der Waals surface area contributed by atoms with E-state index in [1.807, 2.05) is 0 Å². The van der Waals surface area contributed by atoms with E-state index in [-0.39, 0.29) is 116 Å². The van der Waals surface area contributed by atoms with Crippen molar-refractivity contribution in [2.24, 2.45) is 0 Å². The van der Waals surface area contributed by atoms with Crippen molar-refractivity contribution in [1.29, 1.82) is 0 Å². The van der Waals surface area contributed by atoms with Gasteiger partial charge in [0.1, 0.15) is 0 Å². The third-order valence-electron chi connectivity index (χ3n) is 0. The normalized spacial score (nSPS) is 0. The first kappa shape index (κ1) is 38.6. The van der Waals surface area contributed by atoms with E-state index < -0.39 is 0 Å². The van der Waals surface area contributed by atoms with Gasteiger partial charge in [0.15, 0.2) is 0 Å². The molecule has 0 heterocycles. The molecule has 0 fully saturated rings. The van der Waals surface area contributed by atoms with Crippen LogP contribution in [0.25, 0.3) is 0 Å². The Hall–Kier alpha value is 3.56. The molecule has 5 heavy (non-hydrogen) atoms. The van der Waals surface area contributed by atoms with Gasteiger partial charge in [-0.15, -0.1) is 95.9 Å². The van der Waals surface area contributed by atoms with E-state index in [0.29, 0.717) is 0 Å². The van der Waals surface area contributed by atoms with Gasteiger partial charge in [0.2, 0.25) is 0 Å². The molecule has 0 aliphatic heterocycles. The van der Waals surface area contributed by atoms with Crippen molar-refractivity contribution in [1.82, 2.24) is 0 Å². The fourth-order valence-corrected chi connectivity index (χ4v) is 0. The molecule has 0 spiro atoms. The molecule has 38 valence electrons. The molecular formula is H7GaI4. The fraction of sp³-hybridized carbons (Fsp3) is 0. The summed E-state index contributed by atoms with van der Waals surface area (Å²) in [4.78, 5) is 0. The Balaban J connectivity index is 0. The van der Waals surface area contributed by atoms with Gasteiger partial charge in [0.25, 0.3) is 0 Å². The first-order valence-corrected chi connectivity index (χ1v) is 0. The minimum absolute atomic E-state index is 0. The quantitative estimate of drug-likeness (QED) is 0.298. The summed E-state index contributed by atoms with van der Waals surface area (Å²) in [5.41, 5.74) is 0. The van der Waals surface area contributed by atoms with Crippen molar-refractivity contribution in [3.8, 4) is 0 Å². The zero-order valence-electron chi connectivity index (χ0n) is 1.63. The molecule has 0 saturated heterocycles. The Bertz CT molecular complexity index is 3.61. The molecule has 0 aromatic carbocycles. The van der Waals surface area contributed by atoms with Gasteiger partial charge in [-0.05, 0) is 0 Å². The maximum atomic E-state index is 0. The molecule has 0 N–H and O–H groups in total. The average Bonchev–Trinajstić information content (AvgIpc) is 0. The summed E-state index contributed by atoms with van der Waals surface area (Å²) in [5, 5.41) is 0. The summed E-state index contributed by atoms with van der Waals surface area (Å²) < 4.78 is 0. The Morgan fingerprint density at radius 1 is 0.400 bits per heavy atom. The predicted octanol–water partition coefficient (Wildman–Crippen LogP) is 1.29. The molecule has 0 aromatic rings. The molecule has 5 heteroatoms. The third-order valence-corrected chi connectivity index (χ3v) is 0. The Labute approximate surface area is 113 Å². The van der Waals surface area contributed by atoms with Crippen LogP contribution in [-0.4, -0.2) is 19.8 Å². The first-order chi connectivity index (χ1) is 0. The van der Waals surface area contributed by atoms with Crippen LogP contribution in [0.2, 0.25) is 0 Å². The maximum absolute atomic E-state index is 0. The van der Waals surface area contributed by atoms with E-state index in [2.05, 4.69) is 0 Å². The van der Waals surface area contributed by atoms with Crippen molar-refractivity contribution in [2.45, 2.75) is 0 Å². The average molecular weight is 584 g/mol. The summed E-state index contributed by atoms with van der Waals surface area (Å²) in [7, 11) is 0. The number of hydrogen-bond acceptors (Lipinski definition) is 0. The standard InChI is InChI=1S/Ga.4HI.3H/h;4*1H;;;. The monoisotopic (exact) mass is 584 g/mol. The van der Waals surface area contributed by atoms with E-state index in [9.17, 15) is 0 Å². The van der Waals surface area contributed by atoms with Crippen LogP contribution in [0.1, 0.15) is 0 Å². The van der Waals surface area contributed by atoms with Gasteiger partial charge in [-0.1, -0.05) is 0 Å². The second-order valence-electron chi connectivity index (χ2n) is 0. The molecule has 0 atom stereocenters. The minimum atomic E-state index is 0. The second-order valence-corrected chi connectivity index (χ2v) is 0. The molecule has 0 bridgehead atoms. The van der Waals surface area contributed by atoms with Crippen molar-refractivity contribution in [3.63, 3.8) is 0 Å². The molecule has 0 saturated carbocycles. The van der Waals surface area contributed by atoms with E-state index in [4.69, 9.17) is 0 Å². The SMILES string of the molecule is I.I.I.I.[GaH3]. The van der Waals surface area contributed by atoms with Gasteiger partial charge in [-0.25, -0.2) is 0 Å². The van der Waals surface area contributed by atoms with Gasteiger partial charge in [-0.3, -0.25) is 0 Å². The Kier molecular flexibility index (Phi) is 198. The van der Waals surface area contributed by atoms with Crippen LogP contribution in [0, 0.1) is 0 Å². The van der Waals surface area contributed by atoms with Crippen LogP contribution >= 0.6 is 95.9 Å². The Morgan fingerprint density at radius 2 is 0.400 bits per heavy atom. The van der Waals surface area contributed by atoms with Crippen LogP contribution in [0.5, 0.6) is 0 Å². The van der Waals surface area contributed by atoms with Crippen LogP contribution in [-0.2, 0) is 0 Å². The summed E-state index contributed by atoms with van der Waals surface area (Å²) in [6, 6.07) is 0. The zero-order valence-corrected chi connectivity index (χ0v) is 11.0. The number of hydrogen-bond donors (Lipinski definition) is 0. The molecule has 0 aromatic heterocycles. The molecule has 0 amide bonds. The molecule has 0 aliphatic carbocycles. The second kappa shape index (κ2) is 25.7. The topological polar surface area (TPSA) is 0 Å². The molecule has 0 unspecified atom stereocenters. The van der Waals surface area contributed by atoms with Gasteiger partial charge in [-0.2, -0.15) is 0 Å². The molecule has 0 aliphatic rings. The van der Waals surface area contributed by atoms with Crippen molar-refractivity contribution >= 4 is 116 Å². The van der Waals surface area contributed by atoms with Crippen LogP contribution in [0.15, 0.2) is 0 Å². The number of rotatable bonds is 0. The van der Waals surface area contributed by atoms with Crippen LogP contribution in [0.3, 0.4) is 0 Å². The predicted molar refractivity (Wildman–Crippen MR) is 71.6 cm³/mol. The van der Waals surface area contributed by atoms with Gasteiger partial charge < -0.3 is 0 Å². The van der Waals surface area contributed by atoms with Crippen LogP contribution < -0.4 is 0 Å². The molecule has 0 nitrogen and oxygen atoms in total. The van der Waals surface area contributed by atoms with E-state index >= 15 is 0 Å². The number of halogens is 4.